The van der Waals surface area contributed by atoms with Crippen LogP contribution in [0.3, 0.4) is 0 Å². The van der Waals surface area contributed by atoms with E-state index in [9.17, 15) is 0 Å². The summed E-state index contributed by atoms with van der Waals surface area (Å²) in [6.07, 6.45) is 6.13. The zero-order valence-corrected chi connectivity index (χ0v) is 14.9. The largest absolute Gasteiger partial charge is 0.370 e. The predicted molar refractivity (Wildman–Crippen MR) is 94.9 cm³/mol. The van der Waals surface area contributed by atoms with Gasteiger partial charge in [-0.3, -0.25) is 5.16 Å². The van der Waals surface area contributed by atoms with Crippen molar-refractivity contribution < 1.29 is 9.05 Å². The fraction of sp³-hybridized carbons (Fsp3) is 0.625. The summed E-state index contributed by atoms with van der Waals surface area (Å²) in [7, 11) is 0.357. The van der Waals surface area contributed by atoms with E-state index < -0.39 is 7.51 Å². The number of anilines is 1. The summed E-state index contributed by atoms with van der Waals surface area (Å²) >= 11 is 0. The Hall–Kier alpha value is -1.23. The van der Waals surface area contributed by atoms with E-state index in [1.165, 1.54) is 26.2 Å². The summed E-state index contributed by atoms with van der Waals surface area (Å²) in [4.78, 5) is 4.69. The zero-order chi connectivity index (χ0) is 16.7. The average molecular weight is 338 g/mol. The van der Waals surface area contributed by atoms with Gasteiger partial charge in [0.15, 0.2) is 0 Å². The van der Waals surface area contributed by atoms with Crippen molar-refractivity contribution in [1.82, 2.24) is 4.98 Å². The summed E-state index contributed by atoms with van der Waals surface area (Å²) in [5.41, 5.74) is 2.97. The second-order valence-corrected chi connectivity index (χ2v) is 8.24. The molecular formula is C16H27N4O2P. The first kappa shape index (κ1) is 18.1. The van der Waals surface area contributed by atoms with Crippen LogP contribution < -0.4 is 5.32 Å². The lowest BCUT2D eigenvalue weighted by atomic mass is 10.1. The van der Waals surface area contributed by atoms with Crippen molar-refractivity contribution in [2.24, 2.45) is 0 Å². The van der Waals surface area contributed by atoms with Gasteiger partial charge in [-0.25, -0.2) is 4.98 Å². The van der Waals surface area contributed by atoms with Crippen LogP contribution in [0.15, 0.2) is 12.1 Å². The molecule has 1 aromatic rings. The zero-order valence-electron chi connectivity index (χ0n) is 14.0. The SMILES string of the molecule is COP(=N)(CC(=N)CCCCc1ccc2c(n1)NCCC2)OC. The standard InChI is InChI=1S/C16H27N4O2P/c1-21-23(18,22-2)12-14(17)7-3-4-8-15-10-9-13-6-5-11-19-16(13)20-15/h9-10,17-18H,3-8,11-12H2,1-2H3,(H,19,20). The Balaban J connectivity index is 1.73. The lowest BCUT2D eigenvalue weighted by Gasteiger charge is -2.18. The van der Waals surface area contributed by atoms with Crippen LogP contribution in [0.4, 0.5) is 5.82 Å². The average Bonchev–Trinajstić information content (AvgIpc) is 2.58. The lowest BCUT2D eigenvalue weighted by Crippen LogP contribution is -2.14. The highest BCUT2D eigenvalue weighted by molar-refractivity contribution is 7.56. The lowest BCUT2D eigenvalue weighted by molar-refractivity contribution is 0.328. The number of nitrogens with one attached hydrogen (secondary N) is 3. The number of unbranched alkanes of at least 4 members (excludes halogenated alkanes) is 1. The van der Waals surface area contributed by atoms with Crippen molar-refractivity contribution in [2.75, 3.05) is 32.2 Å². The van der Waals surface area contributed by atoms with E-state index in [4.69, 9.17) is 19.6 Å². The summed E-state index contributed by atoms with van der Waals surface area (Å²) in [6, 6.07) is 4.30. The molecule has 0 unspecified atom stereocenters. The minimum absolute atomic E-state index is 0.293. The van der Waals surface area contributed by atoms with Crippen molar-refractivity contribution in [1.29, 1.82) is 10.6 Å². The number of pyridine rings is 1. The molecule has 3 N–H and O–H groups in total. The van der Waals surface area contributed by atoms with Gasteiger partial charge in [-0.2, -0.15) is 0 Å². The molecule has 2 rings (SSSR count). The Morgan fingerprint density at radius 1 is 1.30 bits per heavy atom. The molecule has 1 aliphatic rings. The molecule has 0 aromatic carbocycles. The highest BCUT2D eigenvalue weighted by Crippen LogP contribution is 2.47. The second-order valence-electron chi connectivity index (χ2n) is 5.85. The molecule has 0 radical (unpaired) electrons. The molecule has 0 bridgehead atoms. The molecule has 0 saturated carbocycles. The van der Waals surface area contributed by atoms with Crippen LogP contribution in [-0.2, 0) is 21.9 Å². The van der Waals surface area contributed by atoms with E-state index in [0.717, 1.165) is 43.7 Å². The molecule has 0 spiro atoms. The predicted octanol–water partition coefficient (Wildman–Crippen LogP) is 4.08. The van der Waals surface area contributed by atoms with Crippen molar-refractivity contribution in [3.8, 4) is 0 Å². The smallest absolute Gasteiger partial charge is 0.214 e. The van der Waals surface area contributed by atoms with Gasteiger partial charge in [0.05, 0.1) is 6.16 Å². The third kappa shape index (κ3) is 5.41. The van der Waals surface area contributed by atoms with Crippen molar-refractivity contribution in [3.05, 3.63) is 23.4 Å². The molecule has 0 fully saturated rings. The van der Waals surface area contributed by atoms with E-state index in [0.29, 0.717) is 18.3 Å². The maximum absolute atomic E-state index is 7.98. The van der Waals surface area contributed by atoms with E-state index in [-0.39, 0.29) is 0 Å². The Morgan fingerprint density at radius 2 is 2.09 bits per heavy atom. The van der Waals surface area contributed by atoms with Gasteiger partial charge >= 0.3 is 0 Å². The number of aromatic nitrogens is 1. The van der Waals surface area contributed by atoms with Gasteiger partial charge in [0.2, 0.25) is 7.51 Å². The highest BCUT2D eigenvalue weighted by atomic mass is 31.2. The van der Waals surface area contributed by atoms with Crippen LogP contribution in [0.25, 0.3) is 0 Å². The Morgan fingerprint density at radius 3 is 2.83 bits per heavy atom. The monoisotopic (exact) mass is 338 g/mol. The van der Waals surface area contributed by atoms with Crippen molar-refractivity contribution >= 4 is 19.0 Å². The first-order chi connectivity index (χ1) is 11.1. The number of nitrogens with zero attached hydrogens (tertiary/aromatic N) is 1. The van der Waals surface area contributed by atoms with Crippen LogP contribution in [0.5, 0.6) is 0 Å². The number of hydrogen-bond donors (Lipinski definition) is 3. The molecule has 23 heavy (non-hydrogen) atoms. The molecule has 0 saturated heterocycles. The second kappa shape index (κ2) is 8.57. The Labute approximate surface area is 138 Å². The van der Waals surface area contributed by atoms with Crippen LogP contribution in [0.2, 0.25) is 0 Å². The van der Waals surface area contributed by atoms with E-state index >= 15 is 0 Å². The first-order valence-electron chi connectivity index (χ1n) is 8.10. The summed E-state index contributed by atoms with van der Waals surface area (Å²) in [5.74, 6) is 1.05. The molecule has 6 nitrogen and oxygen atoms in total. The Bertz CT molecular complexity index is 583. The molecule has 0 amide bonds. The summed E-state index contributed by atoms with van der Waals surface area (Å²) in [6.45, 7) is 1.01. The van der Waals surface area contributed by atoms with Crippen LogP contribution in [0, 0.1) is 10.6 Å². The van der Waals surface area contributed by atoms with Gasteiger partial charge in [0.1, 0.15) is 5.82 Å². The maximum atomic E-state index is 7.98. The molecular weight excluding hydrogens is 311 g/mol. The van der Waals surface area contributed by atoms with Gasteiger partial charge in [0, 0.05) is 32.2 Å². The van der Waals surface area contributed by atoms with Gasteiger partial charge < -0.3 is 19.8 Å². The normalized spacial score (nSPS) is 14.2. The molecule has 0 atom stereocenters. The quantitative estimate of drug-likeness (QED) is 0.359. The van der Waals surface area contributed by atoms with Gasteiger partial charge in [0.25, 0.3) is 0 Å². The maximum Gasteiger partial charge on any atom is 0.214 e. The van der Waals surface area contributed by atoms with Crippen LogP contribution in [0.1, 0.15) is 36.9 Å². The molecule has 0 aliphatic carbocycles. The summed E-state index contributed by atoms with van der Waals surface area (Å²) < 4.78 is 10.2. The third-order valence-electron chi connectivity index (χ3n) is 4.10. The van der Waals surface area contributed by atoms with Crippen molar-refractivity contribution in [2.45, 2.75) is 38.5 Å². The van der Waals surface area contributed by atoms with Crippen LogP contribution in [-0.4, -0.2) is 37.6 Å². The van der Waals surface area contributed by atoms with Crippen LogP contribution >= 0.6 is 7.51 Å². The van der Waals surface area contributed by atoms with E-state index in [1.807, 2.05) is 0 Å². The molecule has 2 heterocycles. The molecule has 7 heteroatoms. The molecule has 128 valence electrons. The number of rotatable bonds is 9. The summed E-state index contributed by atoms with van der Waals surface area (Å²) in [5, 5.41) is 19.3. The van der Waals surface area contributed by atoms with E-state index in [1.54, 1.807) is 0 Å². The minimum Gasteiger partial charge on any atom is -0.370 e. The molecule has 1 aromatic heterocycles. The van der Waals surface area contributed by atoms with Crippen molar-refractivity contribution in [3.63, 3.8) is 0 Å². The molecule has 1 aliphatic heterocycles. The highest BCUT2D eigenvalue weighted by Gasteiger charge is 2.17. The minimum atomic E-state index is -2.60. The fourth-order valence-corrected chi connectivity index (χ4v) is 3.75. The number of aryl methyl sites for hydroxylation is 2. The van der Waals surface area contributed by atoms with Gasteiger partial charge in [-0.05, 0) is 50.2 Å². The number of hydrogen-bond acceptors (Lipinski definition) is 6. The fourth-order valence-electron chi connectivity index (χ4n) is 2.69. The number of fused-ring (bicyclic) bond motifs is 1. The first-order valence-corrected chi connectivity index (χ1v) is 9.91. The third-order valence-corrected chi connectivity index (χ3v) is 6.08. The Kier molecular flexibility index (Phi) is 6.75. The topological polar surface area (TPSA) is 91.1 Å². The van der Waals surface area contributed by atoms with Gasteiger partial charge in [-0.1, -0.05) is 6.07 Å². The van der Waals surface area contributed by atoms with E-state index in [2.05, 4.69) is 22.4 Å². The van der Waals surface area contributed by atoms with Gasteiger partial charge in [-0.15, -0.1) is 0 Å².